The average molecular weight is 287 g/mol. The van der Waals surface area contributed by atoms with Crippen molar-refractivity contribution in [2.24, 2.45) is 0 Å². The fraction of sp³-hybridized carbons (Fsp3) is 0.500. The highest BCUT2D eigenvalue weighted by atomic mass is 16.2. The molecule has 2 amide bonds. The van der Waals surface area contributed by atoms with Crippen molar-refractivity contribution in [1.82, 2.24) is 15.1 Å². The first kappa shape index (κ1) is 14.1. The highest BCUT2D eigenvalue weighted by Crippen LogP contribution is 2.18. The Bertz CT molecular complexity index is 558. The van der Waals surface area contributed by atoms with E-state index in [0.29, 0.717) is 19.5 Å². The molecule has 2 aliphatic rings. The zero-order valence-electron chi connectivity index (χ0n) is 12.3. The second-order valence-electron chi connectivity index (χ2n) is 5.83. The average Bonchev–Trinajstić information content (AvgIpc) is 2.68. The molecule has 0 unspecified atom stereocenters. The second-order valence-corrected chi connectivity index (χ2v) is 5.83. The van der Waals surface area contributed by atoms with Crippen LogP contribution < -0.4 is 5.32 Å². The van der Waals surface area contributed by atoms with Crippen LogP contribution in [0.2, 0.25) is 0 Å². The highest BCUT2D eigenvalue weighted by Gasteiger charge is 2.30. The minimum atomic E-state index is -0.212. The molecule has 0 saturated carbocycles. The van der Waals surface area contributed by atoms with Crippen LogP contribution in [0.3, 0.4) is 0 Å². The van der Waals surface area contributed by atoms with Gasteiger partial charge in [0.05, 0.1) is 12.6 Å². The molecule has 0 spiro atoms. The van der Waals surface area contributed by atoms with E-state index in [9.17, 15) is 9.59 Å². The molecule has 21 heavy (non-hydrogen) atoms. The van der Waals surface area contributed by atoms with E-state index in [0.717, 1.165) is 13.0 Å². The van der Waals surface area contributed by atoms with Crippen molar-refractivity contribution in [1.29, 1.82) is 0 Å². The summed E-state index contributed by atoms with van der Waals surface area (Å²) in [6.45, 7) is 2.31. The van der Waals surface area contributed by atoms with Crippen LogP contribution in [0.1, 0.15) is 17.5 Å². The maximum Gasteiger partial charge on any atom is 0.241 e. The summed E-state index contributed by atoms with van der Waals surface area (Å²) < 4.78 is 0. The molecule has 1 fully saturated rings. The minimum absolute atomic E-state index is 0.0251. The summed E-state index contributed by atoms with van der Waals surface area (Å²) in [5.41, 5.74) is 2.49. The van der Waals surface area contributed by atoms with E-state index < -0.39 is 0 Å². The van der Waals surface area contributed by atoms with E-state index >= 15 is 0 Å². The normalized spacial score (nSPS) is 22.7. The molecule has 2 aliphatic heterocycles. The van der Waals surface area contributed by atoms with Crippen LogP contribution in [0.25, 0.3) is 0 Å². The summed E-state index contributed by atoms with van der Waals surface area (Å²) in [5, 5.41) is 3.30. The molecule has 0 radical (unpaired) electrons. The summed E-state index contributed by atoms with van der Waals surface area (Å²) in [6.07, 6.45) is 1.55. The van der Waals surface area contributed by atoms with Gasteiger partial charge in [0.1, 0.15) is 0 Å². The van der Waals surface area contributed by atoms with E-state index in [1.165, 1.54) is 11.1 Å². The summed E-state index contributed by atoms with van der Waals surface area (Å²) in [6, 6.07) is 7.99. The van der Waals surface area contributed by atoms with Gasteiger partial charge in [-0.3, -0.25) is 9.59 Å². The van der Waals surface area contributed by atoms with Crippen LogP contribution in [-0.4, -0.2) is 54.3 Å². The van der Waals surface area contributed by atoms with Gasteiger partial charge in [-0.25, -0.2) is 0 Å². The van der Waals surface area contributed by atoms with E-state index in [1.54, 1.807) is 16.8 Å². The molecule has 1 aromatic rings. The molecule has 0 aromatic heterocycles. The topological polar surface area (TPSA) is 52.6 Å². The molecule has 0 aliphatic carbocycles. The van der Waals surface area contributed by atoms with Crippen LogP contribution >= 0.6 is 0 Å². The van der Waals surface area contributed by atoms with Crippen molar-refractivity contribution >= 4 is 11.8 Å². The van der Waals surface area contributed by atoms with E-state index in [1.807, 2.05) is 12.1 Å². The van der Waals surface area contributed by atoms with Gasteiger partial charge >= 0.3 is 0 Å². The van der Waals surface area contributed by atoms with Crippen molar-refractivity contribution < 1.29 is 9.59 Å². The summed E-state index contributed by atoms with van der Waals surface area (Å²) in [5.74, 6) is 0.0743. The first-order valence-electron chi connectivity index (χ1n) is 7.48. The lowest BCUT2D eigenvalue weighted by atomic mass is 9.95. The zero-order chi connectivity index (χ0) is 14.8. The number of nitrogens with one attached hydrogen (secondary N) is 1. The minimum Gasteiger partial charge on any atom is -0.344 e. The molecule has 1 atom stereocenters. The van der Waals surface area contributed by atoms with Crippen molar-refractivity contribution in [2.75, 3.05) is 26.7 Å². The molecule has 5 heteroatoms. The SMILES string of the molecule is CN1CCCN(C(=O)[C@@H]2Cc3ccccc3CN2)CC1=O. The first-order chi connectivity index (χ1) is 10.1. The molecule has 5 nitrogen and oxygen atoms in total. The predicted molar refractivity (Wildman–Crippen MR) is 79.6 cm³/mol. The Hall–Kier alpha value is -1.88. The number of benzene rings is 1. The number of rotatable bonds is 1. The van der Waals surface area contributed by atoms with E-state index in [2.05, 4.69) is 17.4 Å². The van der Waals surface area contributed by atoms with Crippen molar-refractivity contribution in [3.05, 3.63) is 35.4 Å². The second kappa shape index (κ2) is 5.85. The molecule has 1 aromatic carbocycles. The van der Waals surface area contributed by atoms with Crippen molar-refractivity contribution in [3.8, 4) is 0 Å². The molecular formula is C16H21N3O2. The van der Waals surface area contributed by atoms with Gasteiger partial charge in [-0.1, -0.05) is 24.3 Å². The first-order valence-corrected chi connectivity index (χ1v) is 7.48. The molecule has 1 saturated heterocycles. The van der Waals surface area contributed by atoms with Crippen LogP contribution in [0.4, 0.5) is 0 Å². The van der Waals surface area contributed by atoms with Crippen LogP contribution in [0, 0.1) is 0 Å². The smallest absolute Gasteiger partial charge is 0.241 e. The largest absolute Gasteiger partial charge is 0.344 e. The number of hydrogen-bond acceptors (Lipinski definition) is 3. The third-order valence-electron chi connectivity index (χ3n) is 4.36. The molecule has 3 rings (SSSR count). The number of likely N-dealkylation sites (N-methyl/N-ethyl adjacent to an activating group) is 1. The lowest BCUT2D eigenvalue weighted by molar-refractivity contribution is -0.139. The summed E-state index contributed by atoms with van der Waals surface area (Å²) in [7, 11) is 1.80. The maximum absolute atomic E-state index is 12.7. The zero-order valence-corrected chi connectivity index (χ0v) is 12.3. The fourth-order valence-electron chi connectivity index (χ4n) is 3.02. The van der Waals surface area contributed by atoms with Gasteiger partial charge < -0.3 is 15.1 Å². The van der Waals surface area contributed by atoms with E-state index in [-0.39, 0.29) is 24.4 Å². The Morgan fingerprint density at radius 2 is 2.00 bits per heavy atom. The van der Waals surface area contributed by atoms with Crippen LogP contribution in [0.15, 0.2) is 24.3 Å². The van der Waals surface area contributed by atoms with Gasteiger partial charge in [0.25, 0.3) is 0 Å². The van der Waals surface area contributed by atoms with Gasteiger partial charge in [-0.2, -0.15) is 0 Å². The summed E-state index contributed by atoms with van der Waals surface area (Å²) >= 11 is 0. The number of amides is 2. The van der Waals surface area contributed by atoms with Gasteiger partial charge in [-0.05, 0) is 24.0 Å². The van der Waals surface area contributed by atoms with Crippen LogP contribution in [0.5, 0.6) is 0 Å². The molecule has 1 N–H and O–H groups in total. The lowest BCUT2D eigenvalue weighted by Crippen LogP contribution is -2.51. The number of fused-ring (bicyclic) bond motifs is 1. The quantitative estimate of drug-likeness (QED) is 0.813. The third kappa shape index (κ3) is 2.93. The molecule has 0 bridgehead atoms. The molecule has 2 heterocycles. The monoisotopic (exact) mass is 287 g/mol. The van der Waals surface area contributed by atoms with E-state index in [4.69, 9.17) is 0 Å². The number of carbonyl (C=O) groups excluding carboxylic acids is 2. The lowest BCUT2D eigenvalue weighted by Gasteiger charge is -2.30. The van der Waals surface area contributed by atoms with Gasteiger partial charge in [0, 0.05) is 26.7 Å². The van der Waals surface area contributed by atoms with Gasteiger partial charge in [-0.15, -0.1) is 0 Å². The Morgan fingerprint density at radius 3 is 2.81 bits per heavy atom. The Labute approximate surface area is 124 Å². The van der Waals surface area contributed by atoms with Gasteiger partial charge in [0.15, 0.2) is 0 Å². The fourth-order valence-corrected chi connectivity index (χ4v) is 3.02. The van der Waals surface area contributed by atoms with Crippen LogP contribution in [-0.2, 0) is 22.6 Å². The summed E-state index contributed by atoms with van der Waals surface area (Å²) in [4.78, 5) is 28.0. The highest BCUT2D eigenvalue weighted by molar-refractivity contribution is 5.88. The van der Waals surface area contributed by atoms with Crippen molar-refractivity contribution in [3.63, 3.8) is 0 Å². The number of nitrogens with zero attached hydrogens (tertiary/aromatic N) is 2. The molecule has 112 valence electrons. The maximum atomic E-state index is 12.7. The number of carbonyl (C=O) groups is 2. The standard InChI is InChI=1S/C16H21N3O2/c1-18-7-4-8-19(11-15(18)20)16(21)14-9-12-5-2-3-6-13(12)10-17-14/h2-3,5-6,14,17H,4,7-11H2,1H3/t14-/m0/s1. The predicted octanol–water partition coefficient (Wildman–Crippen LogP) is 0.392. The molecular weight excluding hydrogens is 266 g/mol. The Kier molecular flexibility index (Phi) is 3.92. The Balaban J connectivity index is 1.70. The Morgan fingerprint density at radius 1 is 1.24 bits per heavy atom. The third-order valence-corrected chi connectivity index (χ3v) is 4.36. The van der Waals surface area contributed by atoms with Gasteiger partial charge in [0.2, 0.25) is 11.8 Å². The van der Waals surface area contributed by atoms with Crippen molar-refractivity contribution in [2.45, 2.75) is 25.4 Å². The number of hydrogen-bond donors (Lipinski definition) is 1.